The molecule has 0 atom stereocenters. The van der Waals surface area contributed by atoms with Gasteiger partial charge in [-0.15, -0.1) is 0 Å². The van der Waals surface area contributed by atoms with Gasteiger partial charge in [-0.05, 0) is 24.6 Å². The average Bonchev–Trinajstić information content (AvgIpc) is 2.27. The van der Waals surface area contributed by atoms with Crippen LogP contribution in [0.4, 0.5) is 4.39 Å². The third kappa shape index (κ3) is 2.49. The van der Waals surface area contributed by atoms with Gasteiger partial charge in [0.25, 0.3) is 0 Å². The summed E-state index contributed by atoms with van der Waals surface area (Å²) in [6, 6.07) is 7.95. The van der Waals surface area contributed by atoms with Crippen molar-refractivity contribution in [1.82, 2.24) is 4.98 Å². The number of aromatic nitrogens is 1. The van der Waals surface area contributed by atoms with Crippen molar-refractivity contribution in [2.24, 2.45) is 0 Å². The van der Waals surface area contributed by atoms with E-state index in [1.165, 1.54) is 12.3 Å². The van der Waals surface area contributed by atoms with Gasteiger partial charge in [-0.1, -0.05) is 17.7 Å². The molecule has 1 aromatic heterocycles. The summed E-state index contributed by atoms with van der Waals surface area (Å²) in [5, 5.41) is 0.530. The summed E-state index contributed by atoms with van der Waals surface area (Å²) in [6.45, 7) is 1.69. The van der Waals surface area contributed by atoms with E-state index in [2.05, 4.69) is 4.98 Å². The fourth-order valence-corrected chi connectivity index (χ4v) is 1.29. The van der Waals surface area contributed by atoms with Crippen molar-refractivity contribution in [3.8, 4) is 11.6 Å². The van der Waals surface area contributed by atoms with Crippen LogP contribution in [0.3, 0.4) is 0 Å². The van der Waals surface area contributed by atoms with E-state index in [0.29, 0.717) is 22.2 Å². The number of halogens is 2. The Balaban J connectivity index is 2.20. The standard InChI is InChI=1S/C12H9ClFNO/c1-8-2-4-10(6-11(8)14)16-12-5-3-9(13)7-15-12/h2-7H,1H3. The molecule has 82 valence electrons. The lowest BCUT2D eigenvalue weighted by Gasteiger charge is -2.05. The third-order valence-corrected chi connectivity index (χ3v) is 2.29. The van der Waals surface area contributed by atoms with Crippen LogP contribution in [-0.2, 0) is 0 Å². The minimum absolute atomic E-state index is 0.300. The molecule has 0 amide bonds. The first-order chi connectivity index (χ1) is 7.65. The Labute approximate surface area is 97.7 Å². The SMILES string of the molecule is Cc1ccc(Oc2ccc(Cl)cn2)cc1F. The molecule has 16 heavy (non-hydrogen) atoms. The maximum absolute atomic E-state index is 13.2. The van der Waals surface area contributed by atoms with E-state index < -0.39 is 0 Å². The van der Waals surface area contributed by atoms with Gasteiger partial charge in [0.05, 0.1) is 5.02 Å². The number of aryl methyl sites for hydroxylation is 1. The molecule has 1 heterocycles. The molecule has 4 heteroatoms. The minimum atomic E-state index is -0.300. The Morgan fingerprint density at radius 3 is 2.69 bits per heavy atom. The molecule has 0 radical (unpaired) electrons. The van der Waals surface area contributed by atoms with Crippen molar-refractivity contribution in [1.29, 1.82) is 0 Å². The van der Waals surface area contributed by atoms with Gasteiger partial charge < -0.3 is 4.74 Å². The van der Waals surface area contributed by atoms with Crippen LogP contribution in [0.1, 0.15) is 5.56 Å². The normalized spacial score (nSPS) is 10.2. The monoisotopic (exact) mass is 237 g/mol. The highest BCUT2D eigenvalue weighted by atomic mass is 35.5. The summed E-state index contributed by atoms with van der Waals surface area (Å²) < 4.78 is 18.6. The zero-order chi connectivity index (χ0) is 11.5. The van der Waals surface area contributed by atoms with E-state index in [4.69, 9.17) is 16.3 Å². The first-order valence-electron chi connectivity index (χ1n) is 4.71. The van der Waals surface area contributed by atoms with Crippen LogP contribution in [0.5, 0.6) is 11.6 Å². The van der Waals surface area contributed by atoms with Crippen LogP contribution >= 0.6 is 11.6 Å². The van der Waals surface area contributed by atoms with Gasteiger partial charge in [0, 0.05) is 18.3 Å². The van der Waals surface area contributed by atoms with Crippen molar-refractivity contribution >= 4 is 11.6 Å². The number of nitrogens with zero attached hydrogens (tertiary/aromatic N) is 1. The van der Waals surface area contributed by atoms with Crippen molar-refractivity contribution in [2.45, 2.75) is 6.92 Å². The van der Waals surface area contributed by atoms with E-state index >= 15 is 0 Å². The fourth-order valence-electron chi connectivity index (χ4n) is 1.18. The van der Waals surface area contributed by atoms with Gasteiger partial charge in [0.2, 0.25) is 5.88 Å². The zero-order valence-electron chi connectivity index (χ0n) is 8.58. The first-order valence-corrected chi connectivity index (χ1v) is 5.08. The molecule has 0 saturated heterocycles. The first kappa shape index (κ1) is 10.9. The van der Waals surface area contributed by atoms with Crippen LogP contribution < -0.4 is 4.74 Å². The molecular formula is C12H9ClFNO. The average molecular weight is 238 g/mol. The van der Waals surface area contributed by atoms with Crippen LogP contribution in [0.2, 0.25) is 5.02 Å². The smallest absolute Gasteiger partial charge is 0.219 e. The van der Waals surface area contributed by atoms with Gasteiger partial charge in [0.1, 0.15) is 11.6 Å². The maximum Gasteiger partial charge on any atom is 0.219 e. The van der Waals surface area contributed by atoms with Crippen molar-refractivity contribution in [2.75, 3.05) is 0 Å². The van der Waals surface area contributed by atoms with Gasteiger partial charge in [-0.2, -0.15) is 0 Å². The van der Waals surface area contributed by atoms with E-state index in [-0.39, 0.29) is 5.82 Å². The summed E-state index contributed by atoms with van der Waals surface area (Å²) in [6.07, 6.45) is 1.47. The lowest BCUT2D eigenvalue weighted by atomic mass is 10.2. The molecule has 0 bridgehead atoms. The number of hydrogen-bond acceptors (Lipinski definition) is 2. The van der Waals surface area contributed by atoms with Gasteiger partial charge >= 0.3 is 0 Å². The van der Waals surface area contributed by atoms with Crippen LogP contribution in [0.15, 0.2) is 36.5 Å². The molecule has 0 unspecified atom stereocenters. The molecule has 0 N–H and O–H groups in total. The Kier molecular flexibility index (Phi) is 3.06. The number of benzene rings is 1. The van der Waals surface area contributed by atoms with Gasteiger partial charge in [-0.3, -0.25) is 0 Å². The predicted octanol–water partition coefficient (Wildman–Crippen LogP) is 3.97. The predicted molar refractivity (Wildman–Crippen MR) is 60.5 cm³/mol. The number of pyridine rings is 1. The topological polar surface area (TPSA) is 22.1 Å². The van der Waals surface area contributed by atoms with E-state index in [1.807, 2.05) is 0 Å². The molecule has 0 aliphatic carbocycles. The van der Waals surface area contributed by atoms with Crippen LogP contribution in [0, 0.1) is 12.7 Å². The second-order valence-electron chi connectivity index (χ2n) is 3.33. The molecule has 2 nitrogen and oxygen atoms in total. The Hall–Kier alpha value is -1.61. The number of ether oxygens (including phenoxy) is 1. The van der Waals surface area contributed by atoms with E-state index in [9.17, 15) is 4.39 Å². The van der Waals surface area contributed by atoms with E-state index in [0.717, 1.165) is 0 Å². The lowest BCUT2D eigenvalue weighted by molar-refractivity contribution is 0.457. The maximum atomic E-state index is 13.2. The molecule has 0 aliphatic rings. The molecule has 0 spiro atoms. The minimum Gasteiger partial charge on any atom is -0.439 e. The Morgan fingerprint density at radius 1 is 1.25 bits per heavy atom. The van der Waals surface area contributed by atoms with Crippen LogP contribution in [-0.4, -0.2) is 4.98 Å². The molecule has 0 saturated carbocycles. The van der Waals surface area contributed by atoms with Gasteiger partial charge in [0.15, 0.2) is 0 Å². The van der Waals surface area contributed by atoms with E-state index in [1.54, 1.807) is 31.2 Å². The summed E-state index contributed by atoms with van der Waals surface area (Å²) in [5.41, 5.74) is 0.580. The molecule has 0 aliphatic heterocycles. The molecule has 1 aromatic carbocycles. The molecule has 0 fully saturated rings. The summed E-state index contributed by atoms with van der Waals surface area (Å²) >= 11 is 5.68. The highest BCUT2D eigenvalue weighted by Crippen LogP contribution is 2.22. The number of hydrogen-bond donors (Lipinski definition) is 0. The molecule has 2 rings (SSSR count). The highest BCUT2D eigenvalue weighted by molar-refractivity contribution is 6.30. The van der Waals surface area contributed by atoms with Crippen molar-refractivity contribution in [3.63, 3.8) is 0 Å². The molecule has 2 aromatic rings. The second kappa shape index (κ2) is 4.49. The zero-order valence-corrected chi connectivity index (χ0v) is 9.33. The van der Waals surface area contributed by atoms with Crippen molar-refractivity contribution in [3.05, 3.63) is 52.9 Å². The van der Waals surface area contributed by atoms with Gasteiger partial charge in [-0.25, -0.2) is 9.37 Å². The second-order valence-corrected chi connectivity index (χ2v) is 3.76. The quantitative estimate of drug-likeness (QED) is 0.788. The highest BCUT2D eigenvalue weighted by Gasteiger charge is 2.02. The third-order valence-electron chi connectivity index (χ3n) is 2.07. The summed E-state index contributed by atoms with van der Waals surface area (Å²) in [5.74, 6) is 0.497. The fraction of sp³-hybridized carbons (Fsp3) is 0.0833. The Morgan fingerprint density at radius 2 is 2.06 bits per heavy atom. The Bertz CT molecular complexity index is 499. The largest absolute Gasteiger partial charge is 0.439 e. The summed E-state index contributed by atoms with van der Waals surface area (Å²) in [4.78, 5) is 3.95. The van der Waals surface area contributed by atoms with Crippen molar-refractivity contribution < 1.29 is 9.13 Å². The lowest BCUT2D eigenvalue weighted by Crippen LogP contribution is -1.89. The number of rotatable bonds is 2. The summed E-state index contributed by atoms with van der Waals surface area (Å²) in [7, 11) is 0. The molecular weight excluding hydrogens is 229 g/mol. The van der Waals surface area contributed by atoms with Crippen LogP contribution in [0.25, 0.3) is 0 Å².